The lowest BCUT2D eigenvalue weighted by Gasteiger charge is -2.26. The molecule has 0 spiro atoms. The first kappa shape index (κ1) is 17.5. The predicted octanol–water partition coefficient (Wildman–Crippen LogP) is 1.45. The second-order valence-electron chi connectivity index (χ2n) is 6.49. The van der Waals surface area contributed by atoms with Gasteiger partial charge in [0.1, 0.15) is 13.2 Å². The number of hydrogen-bond acceptors (Lipinski definition) is 5. The zero-order valence-electron chi connectivity index (χ0n) is 14.1. The molecular formula is C18H24N2O5. The minimum atomic E-state index is -0.771. The Kier molecular flexibility index (Phi) is 5.75. The van der Waals surface area contributed by atoms with E-state index in [4.69, 9.17) is 9.47 Å². The molecule has 7 nitrogen and oxygen atoms in total. The third-order valence-corrected chi connectivity index (χ3v) is 4.67. The van der Waals surface area contributed by atoms with E-state index in [0.29, 0.717) is 30.4 Å². The van der Waals surface area contributed by atoms with Gasteiger partial charge in [-0.15, -0.1) is 0 Å². The Morgan fingerprint density at radius 3 is 2.56 bits per heavy atom. The van der Waals surface area contributed by atoms with Crippen LogP contribution in [0.1, 0.15) is 32.1 Å². The fourth-order valence-electron chi connectivity index (χ4n) is 3.27. The zero-order chi connectivity index (χ0) is 17.6. The summed E-state index contributed by atoms with van der Waals surface area (Å²) in [5.74, 6) is -0.173. The molecule has 2 aliphatic rings. The van der Waals surface area contributed by atoms with Gasteiger partial charge in [0.2, 0.25) is 0 Å². The van der Waals surface area contributed by atoms with Crippen molar-refractivity contribution in [2.45, 2.75) is 38.2 Å². The predicted molar refractivity (Wildman–Crippen MR) is 91.7 cm³/mol. The Balaban J connectivity index is 1.48. The van der Waals surface area contributed by atoms with Crippen molar-refractivity contribution in [3.8, 4) is 11.5 Å². The fraction of sp³-hybridized carbons (Fsp3) is 0.556. The van der Waals surface area contributed by atoms with E-state index in [2.05, 4.69) is 10.6 Å². The van der Waals surface area contributed by atoms with E-state index >= 15 is 0 Å². The van der Waals surface area contributed by atoms with Gasteiger partial charge in [-0.05, 0) is 30.9 Å². The standard InChI is InChI=1S/C18H24N2O5/c21-14(12-4-2-1-3-5-12)11-19-17(22)18(23)20-13-6-7-15-16(10-13)25-9-8-24-15/h6-7,10,12,14,21H,1-5,8-9,11H2,(H,19,22)(H,20,23). The van der Waals surface area contributed by atoms with E-state index < -0.39 is 17.9 Å². The van der Waals surface area contributed by atoms with Gasteiger partial charge in [0.05, 0.1) is 6.10 Å². The molecule has 0 saturated heterocycles. The second-order valence-corrected chi connectivity index (χ2v) is 6.49. The normalized spacial score (nSPS) is 18.3. The summed E-state index contributed by atoms with van der Waals surface area (Å²) in [5, 5.41) is 15.2. The third kappa shape index (κ3) is 4.63. The first-order valence-corrected chi connectivity index (χ1v) is 8.80. The summed E-state index contributed by atoms with van der Waals surface area (Å²) in [4.78, 5) is 23.9. The molecule has 1 aliphatic carbocycles. The number of aliphatic hydroxyl groups is 1. The Hall–Kier alpha value is -2.28. The number of anilines is 1. The highest BCUT2D eigenvalue weighted by Gasteiger charge is 2.23. The fourth-order valence-corrected chi connectivity index (χ4v) is 3.27. The molecule has 3 rings (SSSR count). The molecule has 1 aromatic carbocycles. The van der Waals surface area contributed by atoms with Crippen LogP contribution in [0.25, 0.3) is 0 Å². The molecule has 1 atom stereocenters. The smallest absolute Gasteiger partial charge is 0.313 e. The van der Waals surface area contributed by atoms with Crippen LogP contribution < -0.4 is 20.1 Å². The van der Waals surface area contributed by atoms with Crippen LogP contribution in [-0.2, 0) is 9.59 Å². The molecule has 136 valence electrons. The summed E-state index contributed by atoms with van der Waals surface area (Å²) in [6.45, 7) is 1.03. The Morgan fingerprint density at radius 2 is 1.80 bits per heavy atom. The molecule has 1 heterocycles. The number of fused-ring (bicyclic) bond motifs is 1. The molecule has 3 N–H and O–H groups in total. The molecule has 2 amide bonds. The van der Waals surface area contributed by atoms with Crippen LogP contribution in [-0.4, -0.2) is 42.8 Å². The lowest BCUT2D eigenvalue weighted by atomic mass is 9.85. The van der Waals surface area contributed by atoms with Crippen molar-refractivity contribution in [3.63, 3.8) is 0 Å². The maximum Gasteiger partial charge on any atom is 0.313 e. The topological polar surface area (TPSA) is 96.9 Å². The Bertz CT molecular complexity index is 628. The van der Waals surface area contributed by atoms with E-state index in [1.807, 2.05) is 0 Å². The maximum atomic E-state index is 12.0. The average molecular weight is 348 g/mol. The van der Waals surface area contributed by atoms with Gasteiger partial charge in [-0.2, -0.15) is 0 Å². The summed E-state index contributed by atoms with van der Waals surface area (Å²) >= 11 is 0. The van der Waals surface area contributed by atoms with Crippen LogP contribution in [0, 0.1) is 5.92 Å². The van der Waals surface area contributed by atoms with Crippen LogP contribution in [0.3, 0.4) is 0 Å². The number of hydrogen-bond donors (Lipinski definition) is 3. The van der Waals surface area contributed by atoms with Crippen molar-refractivity contribution in [1.82, 2.24) is 5.32 Å². The first-order chi connectivity index (χ1) is 12.1. The molecule has 7 heteroatoms. The van der Waals surface area contributed by atoms with Gasteiger partial charge in [0.25, 0.3) is 0 Å². The number of aliphatic hydroxyl groups excluding tert-OH is 1. The highest BCUT2D eigenvalue weighted by Crippen LogP contribution is 2.32. The minimum absolute atomic E-state index is 0.0953. The van der Waals surface area contributed by atoms with Gasteiger partial charge in [-0.1, -0.05) is 19.3 Å². The van der Waals surface area contributed by atoms with E-state index in [9.17, 15) is 14.7 Å². The van der Waals surface area contributed by atoms with Gasteiger partial charge < -0.3 is 25.2 Å². The lowest BCUT2D eigenvalue weighted by Crippen LogP contribution is -2.42. The van der Waals surface area contributed by atoms with Gasteiger partial charge in [0.15, 0.2) is 11.5 Å². The van der Waals surface area contributed by atoms with E-state index in [1.54, 1.807) is 18.2 Å². The monoisotopic (exact) mass is 348 g/mol. The molecule has 1 aromatic rings. The van der Waals surface area contributed by atoms with Crippen LogP contribution in [0.2, 0.25) is 0 Å². The van der Waals surface area contributed by atoms with E-state index in [-0.39, 0.29) is 12.5 Å². The van der Waals surface area contributed by atoms with Crippen LogP contribution in [0.15, 0.2) is 18.2 Å². The summed E-state index contributed by atoms with van der Waals surface area (Å²) in [7, 11) is 0. The summed E-state index contributed by atoms with van der Waals surface area (Å²) < 4.78 is 10.9. The van der Waals surface area contributed by atoms with E-state index in [0.717, 1.165) is 25.7 Å². The molecular weight excluding hydrogens is 324 g/mol. The molecule has 1 aliphatic heterocycles. The van der Waals surface area contributed by atoms with Crippen molar-refractivity contribution < 1.29 is 24.2 Å². The molecule has 1 fully saturated rings. The lowest BCUT2D eigenvalue weighted by molar-refractivity contribution is -0.136. The van der Waals surface area contributed by atoms with Gasteiger partial charge >= 0.3 is 11.8 Å². The van der Waals surface area contributed by atoms with Crippen LogP contribution in [0.5, 0.6) is 11.5 Å². The summed E-state index contributed by atoms with van der Waals surface area (Å²) in [5.41, 5.74) is 0.456. The number of rotatable bonds is 4. The van der Waals surface area contributed by atoms with Crippen molar-refractivity contribution in [3.05, 3.63) is 18.2 Å². The largest absolute Gasteiger partial charge is 0.486 e. The van der Waals surface area contributed by atoms with Crippen molar-refractivity contribution in [1.29, 1.82) is 0 Å². The SMILES string of the molecule is O=C(NCC(O)C1CCCCC1)C(=O)Nc1ccc2c(c1)OCCO2. The van der Waals surface area contributed by atoms with Crippen molar-refractivity contribution in [2.24, 2.45) is 5.92 Å². The number of ether oxygens (including phenoxy) is 2. The van der Waals surface area contributed by atoms with Crippen LogP contribution in [0.4, 0.5) is 5.69 Å². The van der Waals surface area contributed by atoms with Crippen molar-refractivity contribution >= 4 is 17.5 Å². The minimum Gasteiger partial charge on any atom is -0.486 e. The average Bonchev–Trinajstić information content (AvgIpc) is 2.66. The zero-order valence-corrected chi connectivity index (χ0v) is 14.1. The number of amides is 2. The number of nitrogens with one attached hydrogen (secondary N) is 2. The first-order valence-electron chi connectivity index (χ1n) is 8.80. The van der Waals surface area contributed by atoms with E-state index in [1.165, 1.54) is 6.42 Å². The molecule has 0 bridgehead atoms. The number of carbonyl (C=O) groups excluding carboxylic acids is 2. The Morgan fingerprint density at radius 1 is 1.08 bits per heavy atom. The maximum absolute atomic E-state index is 12.0. The molecule has 1 saturated carbocycles. The molecule has 0 aromatic heterocycles. The summed E-state index contributed by atoms with van der Waals surface area (Å²) in [6, 6.07) is 4.96. The van der Waals surface area contributed by atoms with Crippen molar-refractivity contribution in [2.75, 3.05) is 25.1 Å². The van der Waals surface area contributed by atoms with Gasteiger partial charge in [-0.25, -0.2) is 0 Å². The highest BCUT2D eigenvalue weighted by molar-refractivity contribution is 6.39. The number of carbonyl (C=O) groups is 2. The molecule has 1 unspecified atom stereocenters. The highest BCUT2D eigenvalue weighted by atomic mass is 16.6. The molecule has 0 radical (unpaired) electrons. The molecule has 25 heavy (non-hydrogen) atoms. The third-order valence-electron chi connectivity index (χ3n) is 4.67. The van der Waals surface area contributed by atoms with Gasteiger partial charge in [-0.3, -0.25) is 9.59 Å². The quantitative estimate of drug-likeness (QED) is 0.716. The second kappa shape index (κ2) is 8.20. The van der Waals surface area contributed by atoms with Crippen LogP contribution >= 0.6 is 0 Å². The van der Waals surface area contributed by atoms with Gasteiger partial charge in [0, 0.05) is 18.3 Å². The summed E-state index contributed by atoms with van der Waals surface area (Å²) in [6.07, 6.45) is 4.76. The number of benzene rings is 1. The Labute approximate surface area is 146 Å².